The molecule has 276 valence electrons. The molecule has 0 aliphatic rings. The molecule has 3 aromatic heterocycles. The lowest BCUT2D eigenvalue weighted by Gasteiger charge is -2.08. The van der Waals surface area contributed by atoms with E-state index in [2.05, 4.69) is 0 Å². The van der Waals surface area contributed by atoms with E-state index in [0.717, 1.165) is 16.7 Å². The molecular weight excluding hydrogens is 789 g/mol. The summed E-state index contributed by atoms with van der Waals surface area (Å²) in [5.41, 5.74) is 2.71. The quantitative estimate of drug-likeness (QED) is 0.0626. The molecule has 51 heavy (non-hydrogen) atoms. The highest BCUT2D eigenvalue weighted by molar-refractivity contribution is 6.40. The molecule has 0 atom stereocenters. The summed E-state index contributed by atoms with van der Waals surface area (Å²) >= 11 is 39.7. The highest BCUT2D eigenvalue weighted by Crippen LogP contribution is 2.24. The summed E-state index contributed by atoms with van der Waals surface area (Å²) in [6.45, 7) is 2.64. The van der Waals surface area contributed by atoms with Crippen molar-refractivity contribution in [2.75, 3.05) is 0 Å². The van der Waals surface area contributed by atoms with Gasteiger partial charge in [0.15, 0.2) is 0 Å². The molecule has 0 fully saturated rings. The lowest BCUT2D eigenvalue weighted by Crippen LogP contribution is -2.36. The molecular formula is C33H39Cl6N6O6+3. The fraction of sp³-hybridized carbons (Fsp3) is 0.455. The number of carboxylic acid groups (broad SMARTS) is 3. The van der Waals surface area contributed by atoms with Crippen molar-refractivity contribution in [3.8, 4) is 0 Å². The van der Waals surface area contributed by atoms with Crippen LogP contribution in [0.5, 0.6) is 0 Å². The van der Waals surface area contributed by atoms with Gasteiger partial charge in [-0.2, -0.15) is 0 Å². The molecule has 0 unspecified atom stereocenters. The van der Waals surface area contributed by atoms with Crippen LogP contribution in [0.2, 0.25) is 30.9 Å². The fourth-order valence-electron chi connectivity index (χ4n) is 5.70. The summed E-state index contributed by atoms with van der Waals surface area (Å²) < 4.78 is 10.8. The summed E-state index contributed by atoms with van der Waals surface area (Å²) in [5.74, 6) is -2.54. The Morgan fingerprint density at radius 1 is 0.471 bits per heavy atom. The van der Waals surface area contributed by atoms with Gasteiger partial charge in [-0.25, -0.2) is 27.4 Å². The van der Waals surface area contributed by atoms with Crippen molar-refractivity contribution < 1.29 is 43.4 Å². The Morgan fingerprint density at radius 3 is 0.961 bits per heavy atom. The van der Waals surface area contributed by atoms with E-state index in [1.807, 2.05) is 50.9 Å². The molecule has 0 spiro atoms. The minimum Gasteiger partial charge on any atom is -0.481 e. The van der Waals surface area contributed by atoms with Crippen LogP contribution in [-0.4, -0.2) is 46.9 Å². The van der Waals surface area contributed by atoms with E-state index in [0.29, 0.717) is 109 Å². The van der Waals surface area contributed by atoms with E-state index in [1.54, 1.807) is 13.7 Å². The van der Waals surface area contributed by atoms with Crippen molar-refractivity contribution in [3.05, 3.63) is 84.8 Å². The predicted octanol–water partition coefficient (Wildman–Crippen LogP) is 6.78. The topological polar surface area (TPSA) is 138 Å². The molecule has 0 aliphatic heterocycles. The van der Waals surface area contributed by atoms with Crippen molar-refractivity contribution in [1.29, 1.82) is 0 Å². The van der Waals surface area contributed by atoms with Gasteiger partial charge in [0, 0.05) is 19.3 Å². The van der Waals surface area contributed by atoms with Gasteiger partial charge in [-0.05, 0) is 143 Å². The molecule has 0 saturated heterocycles. The van der Waals surface area contributed by atoms with Crippen molar-refractivity contribution in [2.45, 2.75) is 97.1 Å². The predicted molar refractivity (Wildman–Crippen MR) is 192 cm³/mol. The Balaban J connectivity index is 1.61. The van der Waals surface area contributed by atoms with Crippen molar-refractivity contribution in [3.63, 3.8) is 0 Å². The Hall–Kier alpha value is -3.00. The van der Waals surface area contributed by atoms with Crippen LogP contribution in [-0.2, 0) is 53.7 Å². The Morgan fingerprint density at radius 2 is 0.725 bits per heavy atom. The maximum absolute atomic E-state index is 10.9. The number of imidazole rings is 3. The number of hydrogen-bond donors (Lipinski definition) is 3. The van der Waals surface area contributed by atoms with Gasteiger partial charge in [-0.15, -0.1) is 0 Å². The van der Waals surface area contributed by atoms with E-state index in [9.17, 15) is 14.4 Å². The lowest BCUT2D eigenvalue weighted by molar-refractivity contribution is -0.687. The minimum absolute atomic E-state index is 0.0743. The van der Waals surface area contributed by atoms with Gasteiger partial charge in [0.25, 0.3) is 30.9 Å². The average molecular weight is 828 g/mol. The summed E-state index contributed by atoms with van der Waals surface area (Å²) in [6, 6.07) is 6.08. The number of halogens is 6. The Bertz CT molecular complexity index is 1650. The van der Waals surface area contributed by atoms with Crippen LogP contribution in [0.15, 0.2) is 37.2 Å². The number of aliphatic carboxylic acids is 3. The number of rotatable bonds is 21. The lowest BCUT2D eigenvalue weighted by atomic mass is 10.0. The van der Waals surface area contributed by atoms with Gasteiger partial charge in [0.1, 0.15) is 19.6 Å². The molecule has 18 heteroatoms. The van der Waals surface area contributed by atoms with E-state index < -0.39 is 17.9 Å². The summed E-state index contributed by atoms with van der Waals surface area (Å²) in [5, 5.41) is 29.0. The van der Waals surface area contributed by atoms with E-state index in [-0.39, 0.29) is 19.3 Å². The number of carboxylic acids is 3. The van der Waals surface area contributed by atoms with Gasteiger partial charge >= 0.3 is 17.9 Å². The SMILES string of the molecule is O=C(O)CCCCn1c[n+](Cc2cc(C[n+]3cn(CCCCC(=O)O)c(Cl)c3Cl)cc(C[n+]3cn(CCCCC(=O)O)c(Cl)c3Cl)c2)c(Cl)c1Cl. The first kappa shape index (κ1) is 40.8. The molecule has 3 heterocycles. The molecule has 4 aromatic rings. The summed E-state index contributed by atoms with van der Waals surface area (Å²) in [4.78, 5) is 32.8. The van der Waals surface area contributed by atoms with Crippen molar-refractivity contribution >= 4 is 87.5 Å². The van der Waals surface area contributed by atoms with Crippen molar-refractivity contribution in [1.82, 2.24) is 13.7 Å². The summed E-state index contributed by atoms with van der Waals surface area (Å²) in [6.07, 6.45) is 9.04. The van der Waals surface area contributed by atoms with Crippen LogP contribution in [0.1, 0.15) is 74.5 Å². The second-order valence-electron chi connectivity index (χ2n) is 12.3. The van der Waals surface area contributed by atoms with Crippen LogP contribution in [0.3, 0.4) is 0 Å². The number of aromatic nitrogens is 6. The second-order valence-corrected chi connectivity index (χ2v) is 14.4. The first-order chi connectivity index (χ1) is 24.2. The van der Waals surface area contributed by atoms with Crippen LogP contribution < -0.4 is 13.7 Å². The standard InChI is InChI=1S/C33H36Cl6N6O6/c34-28-31(37)43(19-40(28)10-4-1-7-25(46)47)16-22-13-23(17-44-20-41(29(35)32(44)38)11-5-2-8-26(48)49)15-24(14-22)18-45-21-42(30(36)33(45)39)12-6-3-9-27(50)51/h13-15,19-21H,1-12,16-18H2/p+3. The molecule has 0 radical (unpaired) electrons. The van der Waals surface area contributed by atoms with Crippen LogP contribution in [0.25, 0.3) is 0 Å². The Kier molecular flexibility index (Phi) is 15.3. The maximum atomic E-state index is 10.9. The third-order valence-corrected chi connectivity index (χ3v) is 10.8. The number of hydrogen-bond acceptors (Lipinski definition) is 3. The van der Waals surface area contributed by atoms with E-state index in [4.69, 9.17) is 84.9 Å². The zero-order chi connectivity index (χ0) is 37.2. The molecule has 12 nitrogen and oxygen atoms in total. The third kappa shape index (κ3) is 11.8. The van der Waals surface area contributed by atoms with Crippen LogP contribution in [0, 0.1) is 0 Å². The zero-order valence-electron chi connectivity index (χ0n) is 27.6. The highest BCUT2D eigenvalue weighted by Gasteiger charge is 2.25. The maximum Gasteiger partial charge on any atom is 0.303 e. The smallest absolute Gasteiger partial charge is 0.303 e. The molecule has 0 aliphatic carbocycles. The number of aryl methyl sites for hydroxylation is 3. The normalized spacial score (nSPS) is 11.4. The largest absolute Gasteiger partial charge is 0.481 e. The molecule has 1 aromatic carbocycles. The molecule has 0 amide bonds. The Labute approximate surface area is 324 Å². The first-order valence-corrected chi connectivity index (χ1v) is 18.6. The van der Waals surface area contributed by atoms with E-state index >= 15 is 0 Å². The van der Waals surface area contributed by atoms with Gasteiger partial charge in [0.05, 0.1) is 19.6 Å². The number of unbranched alkanes of at least 4 members (excludes halogenated alkanes) is 3. The molecule has 0 bridgehead atoms. The van der Waals surface area contributed by atoms with Crippen LogP contribution in [0.4, 0.5) is 0 Å². The zero-order valence-corrected chi connectivity index (χ0v) is 32.1. The first-order valence-electron chi connectivity index (χ1n) is 16.3. The van der Waals surface area contributed by atoms with Gasteiger partial charge < -0.3 is 15.3 Å². The molecule has 3 N–H and O–H groups in total. The highest BCUT2D eigenvalue weighted by atomic mass is 35.5. The van der Waals surface area contributed by atoms with Crippen LogP contribution >= 0.6 is 69.6 Å². The average Bonchev–Trinajstić information content (AvgIpc) is 3.60. The summed E-state index contributed by atoms with van der Waals surface area (Å²) in [7, 11) is 0. The molecule has 0 saturated carbocycles. The third-order valence-electron chi connectivity index (χ3n) is 8.15. The number of nitrogens with zero attached hydrogens (tertiary/aromatic N) is 6. The number of carbonyl (C=O) groups is 3. The van der Waals surface area contributed by atoms with E-state index in [1.165, 1.54) is 0 Å². The minimum atomic E-state index is -0.847. The van der Waals surface area contributed by atoms with Gasteiger partial charge in [0.2, 0.25) is 19.0 Å². The monoisotopic (exact) mass is 825 g/mol. The van der Waals surface area contributed by atoms with Crippen molar-refractivity contribution in [2.24, 2.45) is 0 Å². The number of benzene rings is 1. The van der Waals surface area contributed by atoms with Gasteiger partial charge in [-0.1, -0.05) is 0 Å². The van der Waals surface area contributed by atoms with Gasteiger partial charge in [-0.3, -0.25) is 14.4 Å². The second kappa shape index (κ2) is 19.2. The fourth-order valence-corrected chi connectivity index (χ4v) is 7.04. The molecule has 4 rings (SSSR count).